The van der Waals surface area contributed by atoms with Crippen LogP contribution in [0.15, 0.2) is 81.1 Å². The molecule has 162 valence electrons. The van der Waals surface area contributed by atoms with Gasteiger partial charge in [-0.3, -0.25) is 4.79 Å². The van der Waals surface area contributed by atoms with E-state index in [4.69, 9.17) is 16.3 Å². The number of rotatable bonds is 6. The summed E-state index contributed by atoms with van der Waals surface area (Å²) in [5.74, 6) is 0.384. The lowest BCUT2D eigenvalue weighted by Crippen LogP contribution is -2.19. The number of nitrogens with zero attached hydrogens (tertiary/aromatic N) is 1. The number of ether oxygens (including phenoxy) is 1. The number of halogens is 2. The molecule has 0 aromatic heterocycles. The standard InChI is InChI=1S/C25H20BrClN2O2S/c1-2-16-8-10-19(11-9-16)28-25-29-24(30)22(32-25)14-18-12-20(26)23(21(27)13-18)31-15-17-6-4-3-5-7-17/h3-14H,2,15H2,1H3,(H,28,29,30)/b22-14-. The summed E-state index contributed by atoms with van der Waals surface area (Å²) in [5.41, 5.74) is 3.89. The van der Waals surface area contributed by atoms with Crippen LogP contribution in [0.5, 0.6) is 5.75 Å². The summed E-state index contributed by atoms with van der Waals surface area (Å²) < 4.78 is 6.62. The molecule has 1 heterocycles. The fraction of sp³-hybridized carbons (Fsp3) is 0.120. The highest BCUT2D eigenvalue weighted by Gasteiger charge is 2.24. The van der Waals surface area contributed by atoms with Gasteiger partial charge in [-0.05, 0) is 81.1 Å². The Bertz CT molecular complexity index is 1170. The lowest BCUT2D eigenvalue weighted by molar-refractivity contribution is -0.115. The van der Waals surface area contributed by atoms with Crippen molar-refractivity contribution in [1.29, 1.82) is 0 Å². The van der Waals surface area contributed by atoms with Crippen LogP contribution in [0.3, 0.4) is 0 Å². The minimum atomic E-state index is -0.185. The van der Waals surface area contributed by atoms with Gasteiger partial charge in [0, 0.05) is 0 Å². The van der Waals surface area contributed by atoms with Crippen LogP contribution in [0.4, 0.5) is 5.69 Å². The molecule has 1 saturated heterocycles. The molecule has 1 N–H and O–H groups in total. The van der Waals surface area contributed by atoms with Crippen LogP contribution in [0.2, 0.25) is 5.02 Å². The SMILES string of the molecule is CCc1ccc(N=C2NC(=O)/C(=C/c3cc(Cl)c(OCc4ccccc4)c(Br)c3)S2)cc1. The van der Waals surface area contributed by atoms with Gasteiger partial charge in [0.25, 0.3) is 5.91 Å². The van der Waals surface area contributed by atoms with Gasteiger partial charge < -0.3 is 10.1 Å². The predicted molar refractivity (Wildman–Crippen MR) is 137 cm³/mol. The molecule has 1 aliphatic heterocycles. The largest absolute Gasteiger partial charge is 0.486 e. The summed E-state index contributed by atoms with van der Waals surface area (Å²) in [7, 11) is 0. The van der Waals surface area contributed by atoms with Crippen molar-refractivity contribution in [3.8, 4) is 5.75 Å². The van der Waals surface area contributed by atoms with Crippen molar-refractivity contribution < 1.29 is 9.53 Å². The summed E-state index contributed by atoms with van der Waals surface area (Å²) in [6.07, 6.45) is 2.77. The van der Waals surface area contributed by atoms with Gasteiger partial charge in [-0.25, -0.2) is 4.99 Å². The maximum Gasteiger partial charge on any atom is 0.264 e. The van der Waals surface area contributed by atoms with Crippen molar-refractivity contribution in [1.82, 2.24) is 5.32 Å². The van der Waals surface area contributed by atoms with Crippen LogP contribution in [-0.2, 0) is 17.8 Å². The normalized spacial score (nSPS) is 15.9. The van der Waals surface area contributed by atoms with E-state index in [0.29, 0.717) is 27.5 Å². The van der Waals surface area contributed by atoms with Gasteiger partial charge in [0.15, 0.2) is 10.9 Å². The van der Waals surface area contributed by atoms with Gasteiger partial charge in [0.05, 0.1) is 20.1 Å². The van der Waals surface area contributed by atoms with E-state index in [9.17, 15) is 4.79 Å². The molecule has 32 heavy (non-hydrogen) atoms. The Kier molecular flexibility index (Phi) is 7.35. The highest BCUT2D eigenvalue weighted by molar-refractivity contribution is 9.10. The van der Waals surface area contributed by atoms with Gasteiger partial charge >= 0.3 is 0 Å². The Morgan fingerprint density at radius 3 is 2.53 bits per heavy atom. The second kappa shape index (κ2) is 10.4. The van der Waals surface area contributed by atoms with Gasteiger partial charge in [-0.1, -0.05) is 61.0 Å². The van der Waals surface area contributed by atoms with Crippen LogP contribution in [0, 0.1) is 0 Å². The molecular formula is C25H20BrClN2O2S. The van der Waals surface area contributed by atoms with Crippen molar-refractivity contribution in [3.63, 3.8) is 0 Å². The molecular weight excluding hydrogens is 508 g/mol. The molecule has 0 radical (unpaired) electrons. The molecule has 0 atom stereocenters. The van der Waals surface area contributed by atoms with Crippen LogP contribution in [-0.4, -0.2) is 11.1 Å². The number of carbonyl (C=O) groups is 1. The first-order valence-corrected chi connectivity index (χ1v) is 12.0. The van der Waals surface area contributed by atoms with E-state index in [0.717, 1.165) is 27.7 Å². The maximum atomic E-state index is 12.4. The van der Waals surface area contributed by atoms with Gasteiger partial charge in [-0.15, -0.1) is 0 Å². The summed E-state index contributed by atoms with van der Waals surface area (Å²) in [6.45, 7) is 2.52. The summed E-state index contributed by atoms with van der Waals surface area (Å²) in [4.78, 5) is 17.5. The molecule has 0 bridgehead atoms. The molecule has 3 aromatic carbocycles. The Morgan fingerprint density at radius 1 is 1.09 bits per heavy atom. The number of aliphatic imine (C=N–C) groups is 1. The fourth-order valence-electron chi connectivity index (χ4n) is 3.09. The number of hydrogen-bond acceptors (Lipinski definition) is 4. The van der Waals surface area contributed by atoms with Crippen molar-refractivity contribution >= 4 is 62.1 Å². The third-order valence-electron chi connectivity index (χ3n) is 4.77. The zero-order chi connectivity index (χ0) is 22.5. The number of benzene rings is 3. The van der Waals surface area contributed by atoms with Gasteiger partial charge in [0.2, 0.25) is 0 Å². The highest BCUT2D eigenvalue weighted by Crippen LogP contribution is 2.37. The van der Waals surface area contributed by atoms with Crippen LogP contribution in [0.25, 0.3) is 6.08 Å². The Hall–Kier alpha value is -2.54. The van der Waals surface area contributed by atoms with Crippen molar-refractivity contribution in [2.45, 2.75) is 20.0 Å². The van der Waals surface area contributed by atoms with Gasteiger partial charge in [-0.2, -0.15) is 0 Å². The maximum absolute atomic E-state index is 12.4. The topological polar surface area (TPSA) is 50.7 Å². The van der Waals surface area contributed by atoms with Crippen LogP contribution >= 0.6 is 39.3 Å². The number of carbonyl (C=O) groups excluding carboxylic acids is 1. The quantitative estimate of drug-likeness (QED) is 0.347. The third-order valence-corrected chi connectivity index (χ3v) is 6.55. The molecule has 7 heteroatoms. The molecule has 0 spiro atoms. The molecule has 0 aliphatic carbocycles. The summed E-state index contributed by atoms with van der Waals surface area (Å²) >= 11 is 11.3. The highest BCUT2D eigenvalue weighted by atomic mass is 79.9. The van der Waals surface area contributed by atoms with E-state index in [2.05, 4.69) is 33.2 Å². The average molecular weight is 528 g/mol. The van der Waals surface area contributed by atoms with Crippen molar-refractivity contribution in [3.05, 3.63) is 97.8 Å². The molecule has 1 amide bonds. The number of thioether (sulfide) groups is 1. The molecule has 4 nitrogen and oxygen atoms in total. The lowest BCUT2D eigenvalue weighted by Gasteiger charge is -2.11. The van der Waals surface area contributed by atoms with Crippen molar-refractivity contribution in [2.24, 2.45) is 4.99 Å². The summed E-state index contributed by atoms with van der Waals surface area (Å²) in [5, 5.41) is 3.84. The first kappa shape index (κ1) is 22.6. The monoisotopic (exact) mass is 526 g/mol. The van der Waals surface area contributed by atoms with E-state index in [-0.39, 0.29) is 5.91 Å². The van der Waals surface area contributed by atoms with Gasteiger partial charge in [0.1, 0.15) is 6.61 Å². The minimum absolute atomic E-state index is 0.185. The molecule has 4 rings (SSSR count). The minimum Gasteiger partial charge on any atom is -0.486 e. The zero-order valence-corrected chi connectivity index (χ0v) is 20.4. The van der Waals surface area contributed by atoms with E-state index < -0.39 is 0 Å². The van der Waals surface area contributed by atoms with E-state index in [1.807, 2.05) is 60.7 Å². The number of aryl methyl sites for hydroxylation is 1. The van der Waals surface area contributed by atoms with E-state index in [1.165, 1.54) is 17.3 Å². The number of hydrogen-bond donors (Lipinski definition) is 1. The molecule has 0 saturated carbocycles. The number of nitrogens with one attached hydrogen (secondary N) is 1. The first-order valence-electron chi connectivity index (χ1n) is 10.1. The number of amidine groups is 1. The van der Waals surface area contributed by atoms with E-state index in [1.54, 1.807) is 12.1 Å². The number of amides is 1. The summed E-state index contributed by atoms with van der Waals surface area (Å²) in [6, 6.07) is 21.5. The zero-order valence-electron chi connectivity index (χ0n) is 17.3. The Morgan fingerprint density at radius 2 is 1.84 bits per heavy atom. The third kappa shape index (κ3) is 5.63. The Balaban J connectivity index is 1.49. The van der Waals surface area contributed by atoms with Crippen molar-refractivity contribution in [2.75, 3.05) is 0 Å². The first-order chi connectivity index (χ1) is 15.5. The lowest BCUT2D eigenvalue weighted by atomic mass is 10.2. The predicted octanol–water partition coefficient (Wildman–Crippen LogP) is 7.14. The fourth-order valence-corrected chi connectivity index (χ4v) is 4.92. The molecule has 1 fully saturated rings. The second-order valence-corrected chi connectivity index (χ2v) is 9.38. The Labute approximate surface area is 204 Å². The van der Waals surface area contributed by atoms with E-state index >= 15 is 0 Å². The smallest absolute Gasteiger partial charge is 0.264 e. The molecule has 3 aromatic rings. The molecule has 0 unspecified atom stereocenters. The second-order valence-electron chi connectivity index (χ2n) is 7.09. The molecule has 1 aliphatic rings. The van der Waals surface area contributed by atoms with Crippen LogP contribution in [0.1, 0.15) is 23.6 Å². The average Bonchev–Trinajstić information content (AvgIpc) is 3.12. The van der Waals surface area contributed by atoms with Crippen LogP contribution < -0.4 is 10.1 Å².